The number of carbonyl (C=O) groups is 1. The van der Waals surface area contributed by atoms with Gasteiger partial charge in [0, 0.05) is 37.7 Å². The van der Waals surface area contributed by atoms with Gasteiger partial charge in [-0.05, 0) is 25.1 Å². The van der Waals surface area contributed by atoms with Crippen LogP contribution < -0.4 is 21.9 Å². The molecule has 1 amide bonds. The number of aromatic amines is 1. The number of amides is 1. The van der Waals surface area contributed by atoms with Crippen LogP contribution in [0.25, 0.3) is 10.9 Å². The van der Waals surface area contributed by atoms with Crippen molar-refractivity contribution in [2.45, 2.75) is 19.6 Å². The number of nitrogens with zero attached hydrogens (tertiary/aromatic N) is 1. The molecule has 0 radical (unpaired) electrons. The number of aliphatic hydroxyl groups is 1. The van der Waals surface area contributed by atoms with E-state index in [-0.39, 0.29) is 23.9 Å². The Bertz CT molecular complexity index is 886. The third-order valence-electron chi connectivity index (χ3n) is 4.39. The molecule has 1 aromatic carbocycles. The van der Waals surface area contributed by atoms with E-state index in [0.717, 1.165) is 4.57 Å². The largest absolute Gasteiger partial charge is 0.391 e. The number of fused-ring (bicyclic) bond motifs is 1. The summed E-state index contributed by atoms with van der Waals surface area (Å²) in [6.07, 6.45) is -0.467. The fourth-order valence-electron chi connectivity index (χ4n) is 2.94. The molecule has 1 aliphatic rings. The number of rotatable bonds is 4. The first kappa shape index (κ1) is 16.4. The number of carbonyl (C=O) groups excluding carboxylic acids is 1. The monoisotopic (exact) mass is 332 g/mol. The number of hydrogen-bond donors (Lipinski definition) is 4. The highest BCUT2D eigenvalue weighted by Crippen LogP contribution is 2.11. The lowest BCUT2D eigenvalue weighted by atomic mass is 10.1. The molecule has 2 unspecified atom stereocenters. The van der Waals surface area contributed by atoms with E-state index in [9.17, 15) is 19.5 Å². The lowest BCUT2D eigenvalue weighted by Gasteiger charge is -2.14. The van der Waals surface area contributed by atoms with Gasteiger partial charge in [0.25, 0.3) is 11.5 Å². The van der Waals surface area contributed by atoms with Gasteiger partial charge >= 0.3 is 5.69 Å². The zero-order valence-corrected chi connectivity index (χ0v) is 13.3. The van der Waals surface area contributed by atoms with E-state index in [1.807, 2.05) is 0 Å². The summed E-state index contributed by atoms with van der Waals surface area (Å²) >= 11 is 0. The number of aromatic nitrogens is 2. The molecule has 1 aromatic heterocycles. The highest BCUT2D eigenvalue weighted by molar-refractivity contribution is 5.97. The molecule has 2 heterocycles. The van der Waals surface area contributed by atoms with Crippen LogP contribution in [0.4, 0.5) is 0 Å². The Morgan fingerprint density at radius 3 is 2.83 bits per heavy atom. The van der Waals surface area contributed by atoms with Crippen molar-refractivity contribution in [1.82, 2.24) is 20.2 Å². The van der Waals surface area contributed by atoms with E-state index in [1.54, 1.807) is 19.1 Å². The molecule has 128 valence electrons. The van der Waals surface area contributed by atoms with Crippen LogP contribution in [0.3, 0.4) is 0 Å². The molecule has 2 aromatic rings. The fraction of sp³-hybridized carbons (Fsp3) is 0.438. The van der Waals surface area contributed by atoms with Crippen LogP contribution in [0.1, 0.15) is 17.3 Å². The Kier molecular flexibility index (Phi) is 4.50. The minimum absolute atomic E-state index is 0.0222. The third kappa shape index (κ3) is 2.98. The quantitative estimate of drug-likeness (QED) is 0.574. The van der Waals surface area contributed by atoms with Crippen LogP contribution >= 0.6 is 0 Å². The highest BCUT2D eigenvalue weighted by Gasteiger charge is 2.25. The van der Waals surface area contributed by atoms with Gasteiger partial charge in [0.15, 0.2) is 0 Å². The van der Waals surface area contributed by atoms with Crippen molar-refractivity contribution in [3.05, 3.63) is 44.6 Å². The smallest absolute Gasteiger partial charge is 0.328 e. The normalized spacial score (nSPS) is 20.4. The molecule has 3 rings (SSSR count). The molecule has 1 saturated heterocycles. The van der Waals surface area contributed by atoms with Crippen molar-refractivity contribution in [1.29, 1.82) is 0 Å². The number of β-amino-alcohol motifs (C(OH)–C–C–N with tert-alkyl or cyclic N) is 1. The van der Waals surface area contributed by atoms with Crippen molar-refractivity contribution < 1.29 is 9.90 Å². The van der Waals surface area contributed by atoms with E-state index >= 15 is 0 Å². The number of hydrogen-bond acceptors (Lipinski definition) is 5. The Morgan fingerprint density at radius 2 is 2.17 bits per heavy atom. The van der Waals surface area contributed by atoms with Gasteiger partial charge in [0.2, 0.25) is 0 Å². The van der Waals surface area contributed by atoms with Gasteiger partial charge in [0.1, 0.15) is 0 Å². The van der Waals surface area contributed by atoms with Crippen molar-refractivity contribution >= 4 is 16.8 Å². The summed E-state index contributed by atoms with van der Waals surface area (Å²) in [4.78, 5) is 39.0. The average Bonchev–Trinajstić information content (AvgIpc) is 2.97. The van der Waals surface area contributed by atoms with Crippen LogP contribution in [-0.4, -0.2) is 46.3 Å². The Hall–Kier alpha value is -2.45. The standard InChI is InChI=1S/C16H20N4O4/c1-2-20-15(23)11-4-3-9(5-12(11)19-16(20)24)14(22)18-7-10-6-17-8-13(10)21/h3-5,10,13,17,21H,2,6-8H2,1H3,(H,18,22)(H,19,24). The molecule has 0 bridgehead atoms. The Balaban J connectivity index is 1.84. The summed E-state index contributed by atoms with van der Waals surface area (Å²) in [6, 6.07) is 4.60. The molecule has 0 spiro atoms. The Morgan fingerprint density at radius 1 is 1.38 bits per heavy atom. The van der Waals surface area contributed by atoms with Crippen LogP contribution in [0.15, 0.2) is 27.8 Å². The average molecular weight is 332 g/mol. The summed E-state index contributed by atoms with van der Waals surface area (Å²) in [5.41, 5.74) is -0.173. The summed E-state index contributed by atoms with van der Waals surface area (Å²) in [5.74, 6) is -0.331. The van der Waals surface area contributed by atoms with Gasteiger partial charge in [-0.3, -0.25) is 14.2 Å². The molecule has 8 heteroatoms. The third-order valence-corrected chi connectivity index (χ3v) is 4.39. The summed E-state index contributed by atoms with van der Waals surface area (Å²) in [5, 5.41) is 15.9. The van der Waals surface area contributed by atoms with Gasteiger partial charge in [-0.25, -0.2) is 4.79 Å². The highest BCUT2D eigenvalue weighted by atomic mass is 16.3. The molecule has 24 heavy (non-hydrogen) atoms. The first-order valence-corrected chi connectivity index (χ1v) is 7.95. The zero-order chi connectivity index (χ0) is 17.3. The first-order valence-electron chi connectivity index (χ1n) is 7.95. The second-order valence-corrected chi connectivity index (χ2v) is 5.94. The molecule has 1 fully saturated rings. The van der Waals surface area contributed by atoms with Crippen LogP contribution in [0, 0.1) is 5.92 Å². The predicted octanol–water partition coefficient (Wildman–Crippen LogP) is -0.980. The van der Waals surface area contributed by atoms with Crippen molar-refractivity contribution in [3.63, 3.8) is 0 Å². The first-order chi connectivity index (χ1) is 11.5. The van der Waals surface area contributed by atoms with E-state index in [1.165, 1.54) is 6.07 Å². The lowest BCUT2D eigenvalue weighted by molar-refractivity contribution is 0.0927. The molecular formula is C16H20N4O4. The molecule has 1 aliphatic heterocycles. The zero-order valence-electron chi connectivity index (χ0n) is 13.3. The molecule has 8 nitrogen and oxygen atoms in total. The van der Waals surface area contributed by atoms with E-state index in [0.29, 0.717) is 36.1 Å². The second kappa shape index (κ2) is 6.58. The fourth-order valence-corrected chi connectivity index (χ4v) is 2.94. The van der Waals surface area contributed by atoms with Crippen molar-refractivity contribution in [3.8, 4) is 0 Å². The summed E-state index contributed by atoms with van der Waals surface area (Å²) < 4.78 is 1.11. The lowest BCUT2D eigenvalue weighted by Crippen LogP contribution is -2.35. The van der Waals surface area contributed by atoms with Gasteiger partial charge in [0.05, 0.1) is 17.0 Å². The van der Waals surface area contributed by atoms with Crippen LogP contribution in [0.5, 0.6) is 0 Å². The van der Waals surface area contributed by atoms with Crippen molar-refractivity contribution in [2.24, 2.45) is 5.92 Å². The van der Waals surface area contributed by atoms with Crippen LogP contribution in [0.2, 0.25) is 0 Å². The topological polar surface area (TPSA) is 116 Å². The van der Waals surface area contributed by atoms with Gasteiger partial charge in [-0.15, -0.1) is 0 Å². The second-order valence-electron chi connectivity index (χ2n) is 5.94. The maximum absolute atomic E-state index is 12.3. The maximum Gasteiger partial charge on any atom is 0.328 e. The van der Waals surface area contributed by atoms with Gasteiger partial charge < -0.3 is 20.7 Å². The SMILES string of the molecule is CCn1c(=O)[nH]c2cc(C(=O)NCC3CNCC3O)ccc2c1=O. The molecule has 0 saturated carbocycles. The predicted molar refractivity (Wildman–Crippen MR) is 89.2 cm³/mol. The number of aliphatic hydroxyl groups excluding tert-OH is 1. The van der Waals surface area contributed by atoms with Crippen LogP contribution in [-0.2, 0) is 6.54 Å². The number of nitrogens with one attached hydrogen (secondary N) is 3. The Labute approximate surface area is 137 Å². The summed E-state index contributed by atoms with van der Waals surface area (Å²) in [6.45, 7) is 3.55. The van der Waals surface area contributed by atoms with Crippen molar-refractivity contribution in [2.75, 3.05) is 19.6 Å². The summed E-state index contributed by atoms with van der Waals surface area (Å²) in [7, 11) is 0. The number of H-pyrrole nitrogens is 1. The van der Waals surface area contributed by atoms with Gasteiger partial charge in [-0.2, -0.15) is 0 Å². The van der Waals surface area contributed by atoms with E-state index < -0.39 is 11.8 Å². The minimum Gasteiger partial charge on any atom is -0.391 e. The van der Waals surface area contributed by atoms with E-state index in [4.69, 9.17) is 0 Å². The maximum atomic E-state index is 12.3. The molecular weight excluding hydrogens is 312 g/mol. The van der Waals surface area contributed by atoms with Gasteiger partial charge in [-0.1, -0.05) is 0 Å². The molecule has 0 aliphatic carbocycles. The van der Waals surface area contributed by atoms with E-state index in [2.05, 4.69) is 15.6 Å². The molecule has 4 N–H and O–H groups in total. The minimum atomic E-state index is -0.493. The number of benzene rings is 1. The molecule has 2 atom stereocenters.